The molecule has 148 valence electrons. The average Bonchev–Trinajstić information content (AvgIpc) is 3.07. The second kappa shape index (κ2) is 12.3. The number of likely N-dealkylation sites (N-methyl/N-ethyl adjacent to an activating group) is 1. The Hall–Kier alpha value is -1.18. The highest BCUT2D eigenvalue weighted by Gasteiger charge is 2.14. The van der Waals surface area contributed by atoms with Gasteiger partial charge in [0.2, 0.25) is 0 Å². The van der Waals surface area contributed by atoms with Crippen molar-refractivity contribution in [1.82, 2.24) is 25.4 Å². The van der Waals surface area contributed by atoms with Crippen LogP contribution in [0.5, 0.6) is 0 Å². The van der Waals surface area contributed by atoms with Gasteiger partial charge in [-0.2, -0.15) is 0 Å². The zero-order valence-electron chi connectivity index (χ0n) is 16.8. The molecule has 0 spiro atoms. The highest BCUT2D eigenvalue weighted by Crippen LogP contribution is 2.07. The molecule has 1 aromatic rings. The third-order valence-electron chi connectivity index (χ3n) is 4.75. The number of hydrogen-bond acceptors (Lipinski definition) is 5. The smallest absolute Gasteiger partial charge is 0.191 e. The van der Waals surface area contributed by atoms with E-state index in [1.807, 2.05) is 0 Å². The van der Waals surface area contributed by atoms with E-state index in [2.05, 4.69) is 51.6 Å². The van der Waals surface area contributed by atoms with Crippen LogP contribution in [-0.4, -0.2) is 79.6 Å². The Morgan fingerprint density at radius 2 is 1.92 bits per heavy atom. The Bertz CT molecular complexity index is 522. The molecule has 0 atom stereocenters. The van der Waals surface area contributed by atoms with Crippen LogP contribution in [0.1, 0.15) is 37.4 Å². The Morgan fingerprint density at radius 1 is 1.15 bits per heavy atom. The fraction of sp³-hybridized carbons (Fsp3) is 0.789. The number of unbranched alkanes of at least 4 members (excludes halogenated alkanes) is 1. The van der Waals surface area contributed by atoms with Gasteiger partial charge in [-0.1, -0.05) is 6.92 Å². The molecule has 1 saturated heterocycles. The molecule has 2 N–H and O–H groups in total. The van der Waals surface area contributed by atoms with Crippen molar-refractivity contribution < 1.29 is 0 Å². The molecular formula is C19H36N6S. The molecule has 1 aliphatic heterocycles. The number of thiazole rings is 1. The van der Waals surface area contributed by atoms with Gasteiger partial charge in [0, 0.05) is 57.6 Å². The van der Waals surface area contributed by atoms with Gasteiger partial charge in [-0.25, -0.2) is 4.98 Å². The van der Waals surface area contributed by atoms with Gasteiger partial charge < -0.3 is 20.4 Å². The number of guanidine groups is 1. The number of rotatable bonds is 10. The summed E-state index contributed by atoms with van der Waals surface area (Å²) in [6, 6.07) is 0. The molecule has 0 saturated carbocycles. The number of nitrogens with one attached hydrogen (secondary N) is 2. The topological polar surface area (TPSA) is 55.8 Å². The Balaban J connectivity index is 1.59. The summed E-state index contributed by atoms with van der Waals surface area (Å²) in [6.07, 6.45) is 3.32. The van der Waals surface area contributed by atoms with Crippen molar-refractivity contribution in [3.8, 4) is 0 Å². The maximum atomic E-state index is 4.71. The van der Waals surface area contributed by atoms with Crippen molar-refractivity contribution in [2.45, 2.75) is 40.0 Å². The predicted molar refractivity (Wildman–Crippen MR) is 112 cm³/mol. The molecule has 0 aromatic carbocycles. The molecule has 7 heteroatoms. The van der Waals surface area contributed by atoms with Crippen LogP contribution < -0.4 is 10.6 Å². The van der Waals surface area contributed by atoms with Gasteiger partial charge in [0.15, 0.2) is 5.96 Å². The number of aromatic nitrogens is 1. The Labute approximate surface area is 163 Å². The van der Waals surface area contributed by atoms with Gasteiger partial charge in [0.05, 0.1) is 10.7 Å². The van der Waals surface area contributed by atoms with E-state index in [4.69, 9.17) is 4.99 Å². The van der Waals surface area contributed by atoms with Crippen molar-refractivity contribution >= 4 is 17.3 Å². The maximum absolute atomic E-state index is 4.71. The molecule has 0 bridgehead atoms. The van der Waals surface area contributed by atoms with Gasteiger partial charge in [-0.05, 0) is 39.8 Å². The molecule has 6 nitrogen and oxygen atoms in total. The molecule has 1 aliphatic rings. The van der Waals surface area contributed by atoms with E-state index in [0.29, 0.717) is 0 Å². The number of hydrogen-bond donors (Lipinski definition) is 2. The minimum Gasteiger partial charge on any atom is -0.357 e. The van der Waals surface area contributed by atoms with E-state index in [1.54, 1.807) is 11.3 Å². The lowest BCUT2D eigenvalue weighted by Crippen LogP contribution is -2.46. The SMILES string of the molecule is CCNC(=NCCCCN1CCN(CC)CC1)NCCc1csc(C)n1. The van der Waals surface area contributed by atoms with E-state index in [1.165, 1.54) is 51.4 Å². The summed E-state index contributed by atoms with van der Waals surface area (Å²) in [5, 5.41) is 10.0. The van der Waals surface area contributed by atoms with Crippen molar-refractivity contribution in [3.05, 3.63) is 16.1 Å². The summed E-state index contributed by atoms with van der Waals surface area (Å²) in [5.74, 6) is 0.927. The van der Waals surface area contributed by atoms with Crippen molar-refractivity contribution in [3.63, 3.8) is 0 Å². The van der Waals surface area contributed by atoms with Crippen LogP contribution in [0.15, 0.2) is 10.4 Å². The first-order chi connectivity index (χ1) is 12.7. The third-order valence-corrected chi connectivity index (χ3v) is 5.57. The summed E-state index contributed by atoms with van der Waals surface area (Å²) < 4.78 is 0. The maximum Gasteiger partial charge on any atom is 0.191 e. The van der Waals surface area contributed by atoms with E-state index in [9.17, 15) is 0 Å². The monoisotopic (exact) mass is 380 g/mol. The minimum absolute atomic E-state index is 0.872. The zero-order chi connectivity index (χ0) is 18.6. The first-order valence-electron chi connectivity index (χ1n) is 10.1. The molecule has 2 heterocycles. The van der Waals surface area contributed by atoms with Gasteiger partial charge in [0.25, 0.3) is 0 Å². The van der Waals surface area contributed by atoms with Crippen LogP contribution in [0.25, 0.3) is 0 Å². The third kappa shape index (κ3) is 8.01. The van der Waals surface area contributed by atoms with E-state index in [-0.39, 0.29) is 0 Å². The molecule has 2 rings (SSSR count). The fourth-order valence-corrected chi connectivity index (χ4v) is 3.79. The normalized spacial score (nSPS) is 16.8. The van der Waals surface area contributed by atoms with Gasteiger partial charge in [0.1, 0.15) is 0 Å². The van der Waals surface area contributed by atoms with Crippen molar-refractivity contribution in [2.75, 3.05) is 58.9 Å². The quantitative estimate of drug-likeness (QED) is 0.369. The molecule has 0 amide bonds. The minimum atomic E-state index is 0.872. The summed E-state index contributed by atoms with van der Waals surface area (Å²) in [7, 11) is 0. The number of aliphatic imine (C=N–C) groups is 1. The number of aryl methyl sites for hydroxylation is 1. The fourth-order valence-electron chi connectivity index (χ4n) is 3.14. The van der Waals surface area contributed by atoms with Crippen LogP contribution in [-0.2, 0) is 6.42 Å². The lowest BCUT2D eigenvalue weighted by Gasteiger charge is -2.33. The molecule has 26 heavy (non-hydrogen) atoms. The first-order valence-corrected chi connectivity index (χ1v) is 11.0. The molecule has 1 fully saturated rings. The van der Waals surface area contributed by atoms with Gasteiger partial charge in [-0.15, -0.1) is 11.3 Å². The molecule has 0 radical (unpaired) electrons. The number of piperazine rings is 1. The second-order valence-corrected chi connectivity index (χ2v) is 7.84. The lowest BCUT2D eigenvalue weighted by atomic mass is 10.2. The predicted octanol–water partition coefficient (Wildman–Crippen LogP) is 1.97. The standard InChI is InChI=1S/C19H36N6S/c1-4-20-19(22-10-8-18-16-26-17(3)23-18)21-9-6-7-11-25-14-12-24(5-2)13-15-25/h16H,4-15H2,1-3H3,(H2,20,21,22). The highest BCUT2D eigenvalue weighted by atomic mass is 32.1. The summed E-state index contributed by atoms with van der Waals surface area (Å²) in [4.78, 5) is 14.3. The van der Waals surface area contributed by atoms with Crippen LogP contribution in [0.3, 0.4) is 0 Å². The summed E-state index contributed by atoms with van der Waals surface area (Å²) >= 11 is 1.71. The Morgan fingerprint density at radius 3 is 2.58 bits per heavy atom. The molecular weight excluding hydrogens is 344 g/mol. The van der Waals surface area contributed by atoms with Crippen LogP contribution >= 0.6 is 11.3 Å². The first kappa shape index (κ1) is 21.1. The largest absolute Gasteiger partial charge is 0.357 e. The van der Waals surface area contributed by atoms with Gasteiger partial charge >= 0.3 is 0 Å². The van der Waals surface area contributed by atoms with Crippen molar-refractivity contribution in [1.29, 1.82) is 0 Å². The van der Waals surface area contributed by atoms with Crippen LogP contribution in [0, 0.1) is 6.92 Å². The zero-order valence-corrected chi connectivity index (χ0v) is 17.6. The highest BCUT2D eigenvalue weighted by molar-refractivity contribution is 7.09. The van der Waals surface area contributed by atoms with E-state index >= 15 is 0 Å². The summed E-state index contributed by atoms with van der Waals surface area (Å²) in [5.41, 5.74) is 1.17. The van der Waals surface area contributed by atoms with Gasteiger partial charge in [-0.3, -0.25) is 4.99 Å². The van der Waals surface area contributed by atoms with Crippen LogP contribution in [0.4, 0.5) is 0 Å². The molecule has 1 aromatic heterocycles. The van der Waals surface area contributed by atoms with Crippen LogP contribution in [0.2, 0.25) is 0 Å². The number of nitrogens with zero attached hydrogens (tertiary/aromatic N) is 4. The van der Waals surface area contributed by atoms with Crippen molar-refractivity contribution in [2.24, 2.45) is 4.99 Å². The average molecular weight is 381 g/mol. The van der Waals surface area contributed by atoms with E-state index < -0.39 is 0 Å². The molecule has 0 unspecified atom stereocenters. The molecule has 0 aliphatic carbocycles. The second-order valence-electron chi connectivity index (χ2n) is 6.78. The lowest BCUT2D eigenvalue weighted by molar-refractivity contribution is 0.136. The summed E-state index contributed by atoms with van der Waals surface area (Å²) in [6.45, 7) is 16.3. The van der Waals surface area contributed by atoms with E-state index in [0.717, 1.165) is 43.4 Å². The Kier molecular flexibility index (Phi) is 9.95.